The van der Waals surface area contributed by atoms with Crippen molar-refractivity contribution in [2.75, 3.05) is 36.0 Å². The molecule has 2 fully saturated rings. The van der Waals surface area contributed by atoms with Crippen LogP contribution in [0.5, 0.6) is 0 Å². The van der Waals surface area contributed by atoms with Crippen molar-refractivity contribution in [2.45, 2.75) is 45.1 Å². The molecule has 1 saturated heterocycles. The number of anilines is 2. The third kappa shape index (κ3) is 4.90. The van der Waals surface area contributed by atoms with Gasteiger partial charge < -0.3 is 20.9 Å². The molecule has 1 aromatic heterocycles. The summed E-state index contributed by atoms with van der Waals surface area (Å²) in [7, 11) is 0. The number of hydrogen-bond acceptors (Lipinski definition) is 8. The van der Waals surface area contributed by atoms with E-state index in [9.17, 15) is 19.7 Å². The smallest absolute Gasteiger partial charge is 0.353 e. The van der Waals surface area contributed by atoms with E-state index in [2.05, 4.69) is 15.3 Å². The summed E-state index contributed by atoms with van der Waals surface area (Å²) < 4.78 is 0. The zero-order chi connectivity index (χ0) is 21.0. The highest BCUT2D eigenvalue weighted by molar-refractivity contribution is 5.90. The maximum atomic E-state index is 12.5. The van der Waals surface area contributed by atoms with Gasteiger partial charge in [0, 0.05) is 19.6 Å². The summed E-state index contributed by atoms with van der Waals surface area (Å²) in [6.07, 6.45) is 5.61. The largest absolute Gasteiger partial charge is 0.368 e. The van der Waals surface area contributed by atoms with Crippen LogP contribution in [0.25, 0.3) is 0 Å². The summed E-state index contributed by atoms with van der Waals surface area (Å²) >= 11 is 0. The van der Waals surface area contributed by atoms with Gasteiger partial charge in [-0.3, -0.25) is 19.7 Å². The average Bonchev–Trinajstić information content (AvgIpc) is 3.37. The molecule has 1 aromatic rings. The van der Waals surface area contributed by atoms with E-state index in [4.69, 9.17) is 5.73 Å². The molecule has 11 nitrogen and oxygen atoms in total. The van der Waals surface area contributed by atoms with Gasteiger partial charge in [-0.2, -0.15) is 0 Å². The zero-order valence-corrected chi connectivity index (χ0v) is 16.5. The van der Waals surface area contributed by atoms with Crippen LogP contribution >= 0.6 is 0 Å². The third-order valence-corrected chi connectivity index (χ3v) is 5.20. The molecule has 2 aliphatic rings. The Morgan fingerprint density at radius 2 is 2.14 bits per heavy atom. The average molecular weight is 405 g/mol. The number of hydrogen-bond donors (Lipinski definition) is 2. The molecule has 1 unspecified atom stereocenters. The van der Waals surface area contributed by atoms with E-state index in [1.807, 2.05) is 11.8 Å². The van der Waals surface area contributed by atoms with Crippen LogP contribution in [0.4, 0.5) is 17.3 Å². The van der Waals surface area contributed by atoms with E-state index >= 15 is 0 Å². The lowest BCUT2D eigenvalue weighted by Gasteiger charge is -2.27. The molecule has 29 heavy (non-hydrogen) atoms. The Labute approximate surface area is 168 Å². The molecule has 2 amide bonds. The minimum absolute atomic E-state index is 0.147. The number of carbonyl (C=O) groups is 2. The second-order valence-corrected chi connectivity index (χ2v) is 7.55. The number of nitrogens with zero attached hydrogens (tertiary/aromatic N) is 5. The van der Waals surface area contributed by atoms with Crippen molar-refractivity contribution in [3.8, 4) is 0 Å². The lowest BCUT2D eigenvalue weighted by Crippen LogP contribution is -2.46. The molecule has 0 radical (unpaired) electrons. The predicted molar refractivity (Wildman–Crippen MR) is 106 cm³/mol. The van der Waals surface area contributed by atoms with Crippen molar-refractivity contribution >= 4 is 29.1 Å². The topological polar surface area (TPSA) is 148 Å². The Bertz CT molecular complexity index is 783. The van der Waals surface area contributed by atoms with Crippen molar-refractivity contribution < 1.29 is 14.5 Å². The minimum Gasteiger partial charge on any atom is -0.368 e. The Morgan fingerprint density at radius 3 is 2.76 bits per heavy atom. The van der Waals surface area contributed by atoms with Gasteiger partial charge in [0.15, 0.2) is 0 Å². The van der Waals surface area contributed by atoms with Crippen molar-refractivity contribution in [3.63, 3.8) is 0 Å². The molecule has 1 saturated carbocycles. The van der Waals surface area contributed by atoms with E-state index in [1.54, 1.807) is 4.90 Å². The van der Waals surface area contributed by atoms with Gasteiger partial charge in [0.2, 0.25) is 23.5 Å². The first-order chi connectivity index (χ1) is 13.9. The van der Waals surface area contributed by atoms with Gasteiger partial charge in [-0.25, -0.2) is 9.97 Å². The maximum Gasteiger partial charge on any atom is 0.353 e. The van der Waals surface area contributed by atoms with Gasteiger partial charge in [0.1, 0.15) is 12.4 Å². The number of nitro groups is 1. The quantitative estimate of drug-likeness (QED) is 0.424. The van der Waals surface area contributed by atoms with Gasteiger partial charge in [0.05, 0.1) is 11.5 Å². The SMILES string of the molecule is CCCN(CC1CC1)c1ncnc(N2CCCC2C(=O)NCC(N)=O)c1[N+](=O)[O-]. The van der Waals surface area contributed by atoms with Crippen LogP contribution < -0.4 is 20.9 Å². The fourth-order valence-electron chi connectivity index (χ4n) is 3.72. The van der Waals surface area contributed by atoms with Crippen LogP contribution in [0.3, 0.4) is 0 Å². The fraction of sp³-hybridized carbons (Fsp3) is 0.667. The Balaban J connectivity index is 1.92. The molecule has 11 heteroatoms. The van der Waals surface area contributed by atoms with Crippen molar-refractivity contribution in [1.82, 2.24) is 15.3 Å². The summed E-state index contributed by atoms with van der Waals surface area (Å²) in [4.78, 5) is 47.0. The number of aromatic nitrogens is 2. The number of rotatable bonds is 10. The van der Waals surface area contributed by atoms with Gasteiger partial charge in [-0.15, -0.1) is 0 Å². The fourth-order valence-corrected chi connectivity index (χ4v) is 3.72. The summed E-state index contributed by atoms with van der Waals surface area (Å²) in [6.45, 7) is 3.60. The first-order valence-corrected chi connectivity index (χ1v) is 9.99. The van der Waals surface area contributed by atoms with Gasteiger partial charge >= 0.3 is 5.69 Å². The molecule has 3 N–H and O–H groups in total. The molecule has 1 atom stereocenters. The highest BCUT2D eigenvalue weighted by atomic mass is 16.6. The Kier molecular flexibility index (Phi) is 6.45. The second kappa shape index (κ2) is 9.01. The van der Waals surface area contributed by atoms with E-state index in [0.29, 0.717) is 37.7 Å². The molecular weight excluding hydrogens is 378 g/mol. The molecule has 158 valence electrons. The van der Waals surface area contributed by atoms with Crippen LogP contribution in [-0.4, -0.2) is 58.9 Å². The number of carbonyl (C=O) groups excluding carboxylic acids is 2. The lowest BCUT2D eigenvalue weighted by molar-refractivity contribution is -0.383. The monoisotopic (exact) mass is 405 g/mol. The van der Waals surface area contributed by atoms with E-state index in [1.165, 1.54) is 6.33 Å². The van der Waals surface area contributed by atoms with Crippen LogP contribution in [0.1, 0.15) is 39.0 Å². The Hall–Kier alpha value is -2.98. The van der Waals surface area contributed by atoms with Crippen molar-refractivity contribution in [2.24, 2.45) is 11.7 Å². The molecule has 0 aromatic carbocycles. The van der Waals surface area contributed by atoms with Gasteiger partial charge in [-0.1, -0.05) is 6.92 Å². The molecular formula is C18H27N7O4. The third-order valence-electron chi connectivity index (χ3n) is 5.20. The predicted octanol–water partition coefficient (Wildman–Crippen LogP) is 0.582. The van der Waals surface area contributed by atoms with Crippen LogP contribution in [0.2, 0.25) is 0 Å². The molecule has 0 bridgehead atoms. The van der Waals surface area contributed by atoms with Crippen molar-refractivity contribution in [1.29, 1.82) is 0 Å². The molecule has 1 aliphatic heterocycles. The van der Waals surface area contributed by atoms with E-state index in [0.717, 1.165) is 25.8 Å². The Morgan fingerprint density at radius 1 is 1.38 bits per heavy atom. The van der Waals surface area contributed by atoms with Gasteiger partial charge in [0.25, 0.3) is 0 Å². The lowest BCUT2D eigenvalue weighted by atomic mass is 10.2. The van der Waals surface area contributed by atoms with E-state index in [-0.39, 0.29) is 24.0 Å². The van der Waals surface area contributed by atoms with Crippen LogP contribution in [0.15, 0.2) is 6.33 Å². The summed E-state index contributed by atoms with van der Waals surface area (Å²) in [6, 6.07) is -0.640. The highest BCUT2D eigenvalue weighted by Gasteiger charge is 2.38. The molecule has 3 rings (SSSR count). The second-order valence-electron chi connectivity index (χ2n) is 7.55. The molecule has 2 heterocycles. The van der Waals surface area contributed by atoms with Crippen LogP contribution in [-0.2, 0) is 9.59 Å². The summed E-state index contributed by atoms with van der Waals surface area (Å²) in [5, 5.41) is 14.5. The maximum absolute atomic E-state index is 12.5. The molecule has 1 aliphatic carbocycles. The number of amides is 2. The first-order valence-electron chi connectivity index (χ1n) is 9.99. The van der Waals surface area contributed by atoms with Crippen LogP contribution in [0, 0.1) is 16.0 Å². The summed E-state index contributed by atoms with van der Waals surface area (Å²) in [5.41, 5.74) is 4.92. The first kappa shape index (κ1) is 20.7. The van der Waals surface area contributed by atoms with E-state index < -0.39 is 16.9 Å². The standard InChI is InChI=1S/C18H27N7O4/c1-2-7-23(10-12-5-6-12)16-15(25(28)29)17(22-11-21-16)24-8-3-4-13(24)18(27)20-9-14(19)26/h11-13H,2-10H2,1H3,(H2,19,26)(H,20,27). The highest BCUT2D eigenvalue weighted by Crippen LogP contribution is 2.39. The number of nitrogens with two attached hydrogens (primary N) is 1. The number of primary amides is 1. The van der Waals surface area contributed by atoms with Gasteiger partial charge in [-0.05, 0) is 38.0 Å². The summed E-state index contributed by atoms with van der Waals surface area (Å²) in [5.74, 6) is -0.0445. The molecule has 0 spiro atoms. The van der Waals surface area contributed by atoms with Crippen molar-refractivity contribution in [3.05, 3.63) is 16.4 Å². The number of nitrogens with one attached hydrogen (secondary N) is 1. The minimum atomic E-state index is -0.645. The normalized spacial score (nSPS) is 18.5. The zero-order valence-electron chi connectivity index (χ0n) is 16.5.